The highest BCUT2D eigenvalue weighted by Crippen LogP contribution is 2.46. The van der Waals surface area contributed by atoms with E-state index in [1.54, 1.807) is 12.1 Å². The first-order valence-corrected chi connectivity index (χ1v) is 13.5. The van der Waals surface area contributed by atoms with Crippen LogP contribution in [0.3, 0.4) is 0 Å². The number of hydrogen-bond donors (Lipinski definition) is 0. The van der Waals surface area contributed by atoms with Gasteiger partial charge in [-0.3, -0.25) is 4.79 Å². The Balaban J connectivity index is 1.54. The van der Waals surface area contributed by atoms with Crippen molar-refractivity contribution in [2.45, 2.75) is 31.7 Å². The molecule has 0 bridgehead atoms. The average Bonchev–Trinajstić information content (AvgIpc) is 3.33. The van der Waals surface area contributed by atoms with Gasteiger partial charge in [0.1, 0.15) is 29.7 Å². The zero-order valence-electron chi connectivity index (χ0n) is 23.3. The molecule has 43 heavy (non-hydrogen) atoms. The number of benzene rings is 3. The third kappa shape index (κ3) is 5.20. The van der Waals surface area contributed by atoms with Crippen LogP contribution in [0.1, 0.15) is 29.3 Å². The van der Waals surface area contributed by atoms with Crippen molar-refractivity contribution in [3.8, 4) is 5.75 Å². The fourth-order valence-electron chi connectivity index (χ4n) is 5.90. The zero-order valence-corrected chi connectivity index (χ0v) is 23.3. The molecule has 2 aliphatic heterocycles. The number of alkyl halides is 3. The predicted octanol–water partition coefficient (Wildman–Crippen LogP) is 6.62. The van der Waals surface area contributed by atoms with Crippen LogP contribution < -0.4 is 9.64 Å². The van der Waals surface area contributed by atoms with Crippen molar-refractivity contribution in [2.75, 3.05) is 32.3 Å². The number of aromatic nitrogens is 1. The van der Waals surface area contributed by atoms with Crippen LogP contribution in [0.5, 0.6) is 5.75 Å². The lowest BCUT2D eigenvalue weighted by Gasteiger charge is -2.44. The standard InChI is InChI=1S/C31H27F5N4O3/c1-42-17-22(41)15-26-23-4-3-5-24(33)29(23)37-30(40(26)27-14-19(31(34,35)36)6-9-28(27)43-2)38-10-11-39-21(16-38)13-18-12-20(32)7-8-25(18)39/h3-9,12-14,26H,10-11,15-17H2,1-2H3. The Morgan fingerprint density at radius 1 is 1.02 bits per heavy atom. The fourth-order valence-corrected chi connectivity index (χ4v) is 5.90. The number of fused-ring (bicyclic) bond motifs is 4. The maximum atomic E-state index is 15.3. The normalized spacial score (nSPS) is 16.6. The Bertz CT molecular complexity index is 1750. The summed E-state index contributed by atoms with van der Waals surface area (Å²) in [7, 11) is 2.70. The summed E-state index contributed by atoms with van der Waals surface area (Å²) in [5.74, 6) is -1.06. The summed E-state index contributed by atoms with van der Waals surface area (Å²) in [6.45, 7) is 0.818. The van der Waals surface area contributed by atoms with Gasteiger partial charge in [-0.25, -0.2) is 13.8 Å². The number of Topliss-reactive ketones (excluding diaryl/α,β-unsaturated/α-hetero) is 1. The van der Waals surface area contributed by atoms with Crippen LogP contribution in [0, 0.1) is 11.6 Å². The molecule has 0 N–H and O–H groups in total. The van der Waals surface area contributed by atoms with E-state index in [2.05, 4.69) is 4.99 Å². The molecule has 2 aliphatic rings. The fraction of sp³-hybridized carbons (Fsp3) is 0.290. The van der Waals surface area contributed by atoms with Gasteiger partial charge >= 0.3 is 6.18 Å². The highest BCUT2D eigenvalue weighted by atomic mass is 19.4. The van der Waals surface area contributed by atoms with Crippen LogP contribution in [-0.4, -0.2) is 48.6 Å². The molecule has 6 rings (SSSR count). The Kier molecular flexibility index (Phi) is 7.33. The predicted molar refractivity (Wildman–Crippen MR) is 151 cm³/mol. The van der Waals surface area contributed by atoms with Gasteiger partial charge in [-0.15, -0.1) is 0 Å². The van der Waals surface area contributed by atoms with Crippen molar-refractivity contribution in [1.82, 2.24) is 9.47 Å². The van der Waals surface area contributed by atoms with E-state index in [0.717, 1.165) is 23.3 Å². The summed E-state index contributed by atoms with van der Waals surface area (Å²) in [5, 5.41) is 0.707. The molecular weight excluding hydrogens is 571 g/mol. The van der Waals surface area contributed by atoms with E-state index in [4.69, 9.17) is 9.47 Å². The van der Waals surface area contributed by atoms with Gasteiger partial charge in [-0.05, 0) is 48.5 Å². The lowest BCUT2D eigenvalue weighted by Crippen LogP contribution is -2.50. The van der Waals surface area contributed by atoms with E-state index in [9.17, 15) is 22.4 Å². The monoisotopic (exact) mass is 598 g/mol. The molecule has 0 saturated heterocycles. The number of guanidine groups is 1. The smallest absolute Gasteiger partial charge is 0.416 e. The molecule has 3 aromatic carbocycles. The van der Waals surface area contributed by atoms with Crippen LogP contribution in [0.25, 0.3) is 10.9 Å². The molecule has 0 aliphatic carbocycles. The summed E-state index contributed by atoms with van der Waals surface area (Å²) in [6.07, 6.45) is -4.86. The first-order chi connectivity index (χ1) is 20.6. The number of hydrogen-bond acceptors (Lipinski definition) is 6. The molecule has 224 valence electrons. The second-order valence-corrected chi connectivity index (χ2v) is 10.4. The average molecular weight is 599 g/mol. The van der Waals surface area contributed by atoms with Crippen LogP contribution in [-0.2, 0) is 28.8 Å². The van der Waals surface area contributed by atoms with Crippen LogP contribution in [0.2, 0.25) is 0 Å². The Hall–Kier alpha value is -4.45. The largest absolute Gasteiger partial charge is 0.495 e. The maximum absolute atomic E-state index is 15.3. The number of carbonyl (C=O) groups is 1. The highest BCUT2D eigenvalue weighted by Gasteiger charge is 2.40. The van der Waals surface area contributed by atoms with Crippen molar-refractivity contribution in [3.05, 3.63) is 89.1 Å². The number of anilines is 1. The van der Waals surface area contributed by atoms with E-state index in [-0.39, 0.29) is 54.3 Å². The van der Waals surface area contributed by atoms with Gasteiger partial charge in [0.2, 0.25) is 5.96 Å². The minimum absolute atomic E-state index is 0.00287. The minimum Gasteiger partial charge on any atom is -0.495 e. The van der Waals surface area contributed by atoms with Crippen LogP contribution in [0.15, 0.2) is 65.7 Å². The van der Waals surface area contributed by atoms with E-state index >= 15 is 4.39 Å². The molecule has 4 aromatic rings. The van der Waals surface area contributed by atoms with Gasteiger partial charge in [0.05, 0.1) is 30.9 Å². The Morgan fingerprint density at radius 3 is 2.58 bits per heavy atom. The quantitative estimate of drug-likeness (QED) is 0.234. The Morgan fingerprint density at radius 2 is 1.84 bits per heavy atom. The molecule has 1 unspecified atom stereocenters. The zero-order chi connectivity index (χ0) is 30.5. The van der Waals surface area contributed by atoms with Gasteiger partial charge < -0.3 is 23.8 Å². The van der Waals surface area contributed by atoms with Crippen molar-refractivity contribution in [1.29, 1.82) is 0 Å². The van der Waals surface area contributed by atoms with Gasteiger partial charge in [0.15, 0.2) is 5.78 Å². The van der Waals surface area contributed by atoms with E-state index in [1.165, 1.54) is 49.5 Å². The number of ketones is 1. The number of ether oxygens (including phenoxy) is 2. The summed E-state index contributed by atoms with van der Waals surface area (Å²) >= 11 is 0. The molecule has 7 nitrogen and oxygen atoms in total. The molecule has 0 amide bonds. The third-order valence-corrected chi connectivity index (χ3v) is 7.79. The van der Waals surface area contributed by atoms with E-state index < -0.39 is 23.6 Å². The lowest BCUT2D eigenvalue weighted by molar-refractivity contribution is -0.137. The summed E-state index contributed by atoms with van der Waals surface area (Å²) in [5.41, 5.74) is 1.11. The summed E-state index contributed by atoms with van der Waals surface area (Å²) < 4.78 is 83.8. The van der Waals surface area contributed by atoms with E-state index in [1.807, 2.05) is 15.5 Å². The summed E-state index contributed by atoms with van der Waals surface area (Å²) in [6, 6.07) is 12.9. The van der Waals surface area contributed by atoms with Gasteiger partial charge in [-0.2, -0.15) is 13.2 Å². The first-order valence-electron chi connectivity index (χ1n) is 13.5. The molecule has 3 heterocycles. The van der Waals surface area contributed by atoms with Crippen molar-refractivity contribution in [3.63, 3.8) is 0 Å². The van der Waals surface area contributed by atoms with Crippen LogP contribution >= 0.6 is 0 Å². The second-order valence-electron chi connectivity index (χ2n) is 10.4. The lowest BCUT2D eigenvalue weighted by atomic mass is 9.95. The van der Waals surface area contributed by atoms with Gasteiger partial charge in [0, 0.05) is 48.8 Å². The van der Waals surface area contributed by atoms with Crippen molar-refractivity contribution >= 4 is 34.0 Å². The number of methoxy groups -OCH3 is 2. The topological polar surface area (TPSA) is 59.3 Å². The molecule has 0 radical (unpaired) electrons. The number of halogens is 5. The van der Waals surface area contributed by atoms with E-state index in [0.29, 0.717) is 24.0 Å². The molecule has 1 atom stereocenters. The SMILES string of the molecule is COCC(=O)CC1c2cccc(F)c2N=C(N2CCn3c(cc4cc(F)ccc43)C2)N1c1cc(C(F)(F)F)ccc1OC. The highest BCUT2D eigenvalue weighted by molar-refractivity contribution is 6.02. The molecule has 0 spiro atoms. The van der Waals surface area contributed by atoms with Crippen molar-refractivity contribution in [2.24, 2.45) is 4.99 Å². The maximum Gasteiger partial charge on any atom is 0.416 e. The van der Waals surface area contributed by atoms with Crippen molar-refractivity contribution < 1.29 is 36.2 Å². The minimum atomic E-state index is -4.67. The Labute approximate surface area is 243 Å². The summed E-state index contributed by atoms with van der Waals surface area (Å²) in [4.78, 5) is 21.0. The van der Waals surface area contributed by atoms with Gasteiger partial charge in [0.25, 0.3) is 0 Å². The molecule has 0 fully saturated rings. The first kappa shape index (κ1) is 28.7. The third-order valence-electron chi connectivity index (χ3n) is 7.79. The number of nitrogens with zero attached hydrogens (tertiary/aromatic N) is 4. The van der Waals surface area contributed by atoms with Gasteiger partial charge in [-0.1, -0.05) is 12.1 Å². The second kappa shape index (κ2) is 11.0. The molecule has 0 saturated carbocycles. The molecule has 12 heteroatoms. The number of para-hydroxylation sites is 1. The number of rotatable bonds is 6. The molecular formula is C31H27F5N4O3. The number of carbonyl (C=O) groups excluding carboxylic acids is 1. The number of aliphatic imine (C=N–C) groups is 1. The molecule has 1 aromatic heterocycles. The van der Waals surface area contributed by atoms with Crippen LogP contribution in [0.4, 0.5) is 33.3 Å².